The maximum atomic E-state index is 6.40. The van der Waals surface area contributed by atoms with Crippen LogP contribution in [-0.4, -0.2) is 18.4 Å². The van der Waals surface area contributed by atoms with Gasteiger partial charge >= 0.3 is 0 Å². The minimum absolute atomic E-state index is 0.437. The lowest BCUT2D eigenvalue weighted by Gasteiger charge is -2.15. The first-order valence-corrected chi connectivity index (χ1v) is 17.6. The summed E-state index contributed by atoms with van der Waals surface area (Å²) in [6.07, 6.45) is 7.87. The minimum atomic E-state index is 0.437. The van der Waals surface area contributed by atoms with Gasteiger partial charge in [-0.25, -0.2) is 9.98 Å². The van der Waals surface area contributed by atoms with Crippen LogP contribution in [0.4, 0.5) is 0 Å². The van der Waals surface area contributed by atoms with Crippen molar-refractivity contribution in [1.29, 1.82) is 0 Å². The summed E-state index contributed by atoms with van der Waals surface area (Å²) in [5.74, 6) is 1.56. The van der Waals surface area contributed by atoms with Crippen LogP contribution in [0.3, 0.4) is 0 Å². The number of hydrogen-bond acceptors (Lipinski definition) is 3. The third-order valence-electron chi connectivity index (χ3n) is 9.87. The Hall–Kier alpha value is -6.59. The Kier molecular flexibility index (Phi) is 8.01. The zero-order valence-electron chi connectivity index (χ0n) is 28.8. The van der Waals surface area contributed by atoms with Crippen molar-refractivity contribution in [1.82, 2.24) is 0 Å². The number of hydrogen-bond donors (Lipinski definition) is 0. The lowest BCUT2D eigenvalue weighted by molar-refractivity contribution is 0.668. The van der Waals surface area contributed by atoms with Crippen molar-refractivity contribution < 1.29 is 8.83 Å². The summed E-state index contributed by atoms with van der Waals surface area (Å²) in [6.45, 7) is 6.77. The summed E-state index contributed by atoms with van der Waals surface area (Å²) in [7, 11) is 0. The van der Waals surface area contributed by atoms with Crippen molar-refractivity contribution in [2.24, 2.45) is 20.9 Å². The van der Waals surface area contributed by atoms with Gasteiger partial charge in [0.15, 0.2) is 11.7 Å². The number of benzene rings is 6. The van der Waals surface area contributed by atoms with Gasteiger partial charge in [0.05, 0.1) is 6.54 Å². The zero-order chi connectivity index (χ0) is 35.0. The topological polar surface area (TPSA) is 63.4 Å². The van der Waals surface area contributed by atoms with Gasteiger partial charge in [-0.3, -0.25) is 4.99 Å². The van der Waals surface area contributed by atoms with E-state index in [1.165, 1.54) is 11.1 Å². The number of amidine groups is 2. The Labute approximate surface area is 301 Å². The predicted octanol–water partition coefficient (Wildman–Crippen LogP) is 12.2. The van der Waals surface area contributed by atoms with E-state index in [1.807, 2.05) is 72.8 Å². The zero-order valence-corrected chi connectivity index (χ0v) is 28.8. The van der Waals surface area contributed by atoms with Gasteiger partial charge < -0.3 is 8.83 Å². The molecular weight excluding hydrogens is 639 g/mol. The molecule has 0 saturated carbocycles. The van der Waals surface area contributed by atoms with Crippen molar-refractivity contribution in [3.63, 3.8) is 0 Å². The van der Waals surface area contributed by atoms with Crippen molar-refractivity contribution in [2.45, 2.75) is 19.9 Å². The molecule has 2 aromatic heterocycles. The fourth-order valence-corrected chi connectivity index (χ4v) is 7.24. The molecule has 5 heteroatoms. The van der Waals surface area contributed by atoms with Crippen LogP contribution in [0.15, 0.2) is 175 Å². The van der Waals surface area contributed by atoms with Crippen LogP contribution in [0, 0.1) is 5.92 Å². The van der Waals surface area contributed by atoms with E-state index in [2.05, 4.69) is 97.5 Å². The average molecular weight is 674 g/mol. The Balaban J connectivity index is 1.27. The van der Waals surface area contributed by atoms with E-state index in [9.17, 15) is 0 Å². The molecule has 6 aromatic carbocycles. The van der Waals surface area contributed by atoms with E-state index >= 15 is 0 Å². The molecule has 0 amide bonds. The van der Waals surface area contributed by atoms with Gasteiger partial charge in [-0.15, -0.1) is 0 Å². The van der Waals surface area contributed by atoms with Gasteiger partial charge in [-0.1, -0.05) is 128 Å². The quantitative estimate of drug-likeness (QED) is 0.130. The van der Waals surface area contributed by atoms with Gasteiger partial charge in [0, 0.05) is 32.7 Å². The molecule has 1 unspecified atom stereocenters. The Morgan fingerprint density at radius 3 is 2.02 bits per heavy atom. The summed E-state index contributed by atoms with van der Waals surface area (Å²) < 4.78 is 12.7. The molecule has 0 N–H and O–H groups in total. The first-order valence-electron chi connectivity index (χ1n) is 17.6. The summed E-state index contributed by atoms with van der Waals surface area (Å²) in [6, 6.07) is 45.3. The van der Waals surface area contributed by atoms with Gasteiger partial charge in [-0.2, -0.15) is 0 Å². The molecule has 0 spiro atoms. The second-order valence-electron chi connectivity index (χ2n) is 13.3. The highest BCUT2D eigenvalue weighted by Crippen LogP contribution is 2.39. The second-order valence-corrected chi connectivity index (χ2v) is 13.3. The molecule has 0 saturated heterocycles. The SMILES string of the molecule is C=N/C(=N\C(=N/Cc1ccccc1)c1cccc2oc3ccccc3c12)c1c(-c2ccc(C3=CCC(C)C=C3)cc2)ccc2oc3ccccc3c12. The number of nitrogens with zero attached hydrogens (tertiary/aromatic N) is 3. The number of furan rings is 2. The van der Waals surface area contributed by atoms with Crippen LogP contribution in [0.2, 0.25) is 0 Å². The van der Waals surface area contributed by atoms with Crippen molar-refractivity contribution >= 4 is 67.8 Å². The van der Waals surface area contributed by atoms with Crippen LogP contribution in [-0.2, 0) is 6.54 Å². The van der Waals surface area contributed by atoms with Crippen LogP contribution >= 0.6 is 0 Å². The predicted molar refractivity (Wildman–Crippen MR) is 217 cm³/mol. The molecular formula is C47H35N3O2. The van der Waals surface area contributed by atoms with E-state index in [4.69, 9.17) is 18.8 Å². The van der Waals surface area contributed by atoms with Crippen LogP contribution in [0.1, 0.15) is 35.6 Å². The van der Waals surface area contributed by atoms with Gasteiger partial charge in [0.25, 0.3) is 0 Å². The van der Waals surface area contributed by atoms with Gasteiger partial charge in [-0.05, 0) is 77.2 Å². The highest BCUT2D eigenvalue weighted by molar-refractivity contribution is 6.27. The van der Waals surface area contributed by atoms with Crippen LogP contribution in [0.5, 0.6) is 0 Å². The average Bonchev–Trinajstić information content (AvgIpc) is 3.77. The standard InChI is InChI=1S/C47H35N3O2/c1-30-19-21-32(22-20-30)33-23-25-34(26-24-33)35-27-28-42-44(37-14-7-9-17-40(37)52-42)45(35)47(48-2)50-46(49-29-31-11-4-3-5-12-31)38-15-10-18-41-43(38)36-13-6-8-16-39(36)51-41/h3-19,21-28,30H,2,20,29H2,1H3/b49-46-,50-47-. The fourth-order valence-electron chi connectivity index (χ4n) is 7.24. The molecule has 9 rings (SSSR count). The molecule has 1 aliphatic rings. The highest BCUT2D eigenvalue weighted by atomic mass is 16.3. The van der Waals surface area contributed by atoms with Crippen molar-refractivity contribution in [2.75, 3.05) is 0 Å². The van der Waals surface area contributed by atoms with Gasteiger partial charge in [0.2, 0.25) is 0 Å². The Morgan fingerprint density at radius 2 is 1.31 bits per heavy atom. The molecule has 52 heavy (non-hydrogen) atoms. The summed E-state index contributed by atoms with van der Waals surface area (Å²) >= 11 is 0. The molecule has 250 valence electrons. The highest BCUT2D eigenvalue weighted by Gasteiger charge is 2.22. The van der Waals surface area contributed by atoms with E-state index in [0.29, 0.717) is 24.1 Å². The normalized spacial score (nSPS) is 15.2. The lowest BCUT2D eigenvalue weighted by atomic mass is 9.91. The van der Waals surface area contributed by atoms with Crippen LogP contribution in [0.25, 0.3) is 60.6 Å². The molecule has 0 bridgehead atoms. The monoisotopic (exact) mass is 673 g/mol. The minimum Gasteiger partial charge on any atom is -0.456 e. The fraction of sp³-hybridized carbons (Fsp3) is 0.0851. The number of aliphatic imine (C=N–C) groups is 3. The number of fused-ring (bicyclic) bond motifs is 6. The molecule has 1 aliphatic carbocycles. The number of para-hydroxylation sites is 2. The molecule has 2 heterocycles. The van der Waals surface area contributed by atoms with Gasteiger partial charge in [0.1, 0.15) is 22.3 Å². The van der Waals surface area contributed by atoms with E-state index < -0.39 is 0 Å². The maximum Gasteiger partial charge on any atom is 0.162 e. The van der Waals surface area contributed by atoms with Crippen molar-refractivity contribution in [3.8, 4) is 11.1 Å². The molecule has 0 fully saturated rings. The third-order valence-corrected chi connectivity index (χ3v) is 9.87. The van der Waals surface area contributed by atoms with E-state index in [1.54, 1.807) is 0 Å². The summed E-state index contributed by atoms with van der Waals surface area (Å²) in [5.41, 5.74) is 10.4. The Morgan fingerprint density at radius 1 is 0.654 bits per heavy atom. The molecule has 1 atom stereocenters. The Bertz CT molecular complexity index is 2760. The summed E-state index contributed by atoms with van der Waals surface area (Å²) in [4.78, 5) is 15.2. The molecule has 0 aliphatic heterocycles. The summed E-state index contributed by atoms with van der Waals surface area (Å²) in [5, 5.41) is 3.88. The van der Waals surface area contributed by atoms with Crippen molar-refractivity contribution in [3.05, 3.63) is 174 Å². The first-order chi connectivity index (χ1) is 25.6. The first kappa shape index (κ1) is 31.4. The van der Waals surface area contributed by atoms with Crippen LogP contribution < -0.4 is 0 Å². The smallest absolute Gasteiger partial charge is 0.162 e. The maximum absolute atomic E-state index is 6.40. The van der Waals surface area contributed by atoms with E-state index in [-0.39, 0.29) is 0 Å². The number of rotatable bonds is 6. The third kappa shape index (κ3) is 5.66. The largest absolute Gasteiger partial charge is 0.456 e. The number of allylic oxidation sites excluding steroid dienone is 4. The molecule has 8 aromatic rings. The second kappa shape index (κ2) is 13.3. The molecule has 5 nitrogen and oxygen atoms in total. The van der Waals surface area contributed by atoms with E-state index in [0.717, 1.165) is 78.1 Å². The lowest BCUT2D eigenvalue weighted by Crippen LogP contribution is -2.08. The molecule has 0 radical (unpaired) electrons.